The maximum absolute atomic E-state index is 13.0. The third-order valence-electron chi connectivity index (χ3n) is 4.34. The average Bonchev–Trinajstić information content (AvgIpc) is 3.26. The second kappa shape index (κ2) is 7.64. The van der Waals surface area contributed by atoms with E-state index in [-0.39, 0.29) is 5.76 Å². The van der Waals surface area contributed by atoms with Crippen LogP contribution in [0.2, 0.25) is 0 Å². The number of urea groups is 1. The van der Waals surface area contributed by atoms with Crippen molar-refractivity contribution < 1.29 is 23.5 Å². The fourth-order valence-corrected chi connectivity index (χ4v) is 3.61. The third-order valence-corrected chi connectivity index (χ3v) is 4.92. The molecule has 2 amide bonds. The Kier molecular flexibility index (Phi) is 5.00. The molecule has 3 N–H and O–H groups in total. The summed E-state index contributed by atoms with van der Waals surface area (Å²) < 4.78 is 20.8. The van der Waals surface area contributed by atoms with Crippen LogP contribution in [0.1, 0.15) is 10.6 Å². The van der Waals surface area contributed by atoms with E-state index in [1.807, 2.05) is 0 Å². The minimum atomic E-state index is -1.20. The molecule has 0 saturated heterocycles. The van der Waals surface area contributed by atoms with Crippen LogP contribution in [0.5, 0.6) is 0 Å². The van der Waals surface area contributed by atoms with Crippen molar-refractivity contribution in [2.45, 2.75) is 0 Å². The zero-order valence-electron chi connectivity index (χ0n) is 15.4. The van der Waals surface area contributed by atoms with Crippen LogP contribution in [0.4, 0.5) is 20.6 Å². The number of hydrogen-bond donors (Lipinski definition) is 3. The second-order valence-corrected chi connectivity index (χ2v) is 7.26. The van der Waals surface area contributed by atoms with E-state index in [1.54, 1.807) is 30.1 Å². The van der Waals surface area contributed by atoms with E-state index in [4.69, 9.17) is 4.42 Å². The number of nitrogens with zero attached hydrogens (tertiary/aromatic N) is 2. The number of anilines is 2. The summed E-state index contributed by atoms with van der Waals surface area (Å²) in [5, 5.41) is 19.3. The summed E-state index contributed by atoms with van der Waals surface area (Å²) >= 11 is 3.43. The SMILES string of the molecule is Cn1ncc(Br)c1-c1cc(NC(=O)Nc2ccc(F)cc2)cc2cc(C(=O)O)oc12. The molecule has 2 aromatic heterocycles. The normalized spacial score (nSPS) is 10.9. The minimum absolute atomic E-state index is 0.225. The maximum Gasteiger partial charge on any atom is 0.371 e. The predicted octanol–water partition coefficient (Wildman–Crippen LogP) is 5.08. The summed E-state index contributed by atoms with van der Waals surface area (Å²) in [4.78, 5) is 23.8. The highest BCUT2D eigenvalue weighted by Gasteiger charge is 2.20. The van der Waals surface area contributed by atoms with Crippen molar-refractivity contribution in [3.63, 3.8) is 0 Å². The molecule has 30 heavy (non-hydrogen) atoms. The second-order valence-electron chi connectivity index (χ2n) is 6.41. The first kappa shape index (κ1) is 19.6. The molecule has 0 saturated carbocycles. The van der Waals surface area contributed by atoms with Gasteiger partial charge in [0, 0.05) is 29.4 Å². The van der Waals surface area contributed by atoms with Gasteiger partial charge in [0.15, 0.2) is 0 Å². The highest BCUT2D eigenvalue weighted by Crippen LogP contribution is 2.37. The number of rotatable bonds is 4. The molecule has 152 valence electrons. The Morgan fingerprint density at radius 1 is 1.13 bits per heavy atom. The fraction of sp³-hybridized carbons (Fsp3) is 0.0500. The van der Waals surface area contributed by atoms with Gasteiger partial charge in [-0.1, -0.05) is 0 Å². The topological polar surface area (TPSA) is 109 Å². The van der Waals surface area contributed by atoms with Gasteiger partial charge in [0.1, 0.15) is 11.4 Å². The van der Waals surface area contributed by atoms with Gasteiger partial charge in [-0.15, -0.1) is 0 Å². The molecule has 0 spiro atoms. The van der Waals surface area contributed by atoms with Crippen LogP contribution in [-0.4, -0.2) is 26.9 Å². The zero-order valence-corrected chi connectivity index (χ0v) is 17.0. The quantitative estimate of drug-likeness (QED) is 0.383. The van der Waals surface area contributed by atoms with Crippen LogP contribution in [0.25, 0.3) is 22.2 Å². The van der Waals surface area contributed by atoms with Crippen LogP contribution in [-0.2, 0) is 7.05 Å². The number of furan rings is 1. The van der Waals surface area contributed by atoms with Crippen molar-refractivity contribution in [3.8, 4) is 11.3 Å². The Bertz CT molecular complexity index is 1260. The van der Waals surface area contributed by atoms with E-state index in [0.29, 0.717) is 38.1 Å². The molecule has 0 atom stereocenters. The summed E-state index contributed by atoms with van der Waals surface area (Å²) in [5.74, 6) is -1.84. The number of aryl methyl sites for hydroxylation is 1. The Morgan fingerprint density at radius 3 is 2.47 bits per heavy atom. The predicted molar refractivity (Wildman–Crippen MR) is 112 cm³/mol. The Hall–Kier alpha value is -3.66. The summed E-state index contributed by atoms with van der Waals surface area (Å²) in [7, 11) is 1.73. The highest BCUT2D eigenvalue weighted by molar-refractivity contribution is 9.10. The number of carbonyl (C=O) groups is 2. The average molecular weight is 473 g/mol. The van der Waals surface area contributed by atoms with Gasteiger partial charge in [-0.3, -0.25) is 4.68 Å². The lowest BCUT2D eigenvalue weighted by Gasteiger charge is -2.11. The van der Waals surface area contributed by atoms with E-state index in [9.17, 15) is 19.1 Å². The molecule has 2 heterocycles. The number of carboxylic acids is 1. The number of nitrogens with one attached hydrogen (secondary N) is 2. The molecule has 0 radical (unpaired) electrons. The van der Waals surface area contributed by atoms with Crippen molar-refractivity contribution >= 4 is 50.3 Å². The highest BCUT2D eigenvalue weighted by atomic mass is 79.9. The van der Waals surface area contributed by atoms with Crippen molar-refractivity contribution in [2.75, 3.05) is 10.6 Å². The number of fused-ring (bicyclic) bond motifs is 1. The standard InChI is InChI=1S/C20H14BrFN4O4/c1-26-17(15(21)9-23-26)14-8-13(6-10-7-16(19(27)28)30-18(10)14)25-20(29)24-12-4-2-11(22)3-5-12/h2-9H,1H3,(H,27,28)(H2,24,25,29). The number of aromatic carboxylic acids is 1. The molecular formula is C20H14BrFN4O4. The molecule has 8 nitrogen and oxygen atoms in total. The Morgan fingerprint density at radius 2 is 1.83 bits per heavy atom. The van der Waals surface area contributed by atoms with E-state index >= 15 is 0 Å². The van der Waals surface area contributed by atoms with Crippen molar-refractivity contribution in [3.05, 3.63) is 64.7 Å². The molecule has 4 rings (SSSR count). The zero-order chi connectivity index (χ0) is 21.4. The van der Waals surface area contributed by atoms with Crippen molar-refractivity contribution in [2.24, 2.45) is 7.05 Å². The Balaban J connectivity index is 1.74. The van der Waals surface area contributed by atoms with Gasteiger partial charge in [-0.25, -0.2) is 14.0 Å². The number of aromatic nitrogens is 2. The first-order valence-corrected chi connectivity index (χ1v) is 9.43. The van der Waals surface area contributed by atoms with Gasteiger partial charge >= 0.3 is 12.0 Å². The molecule has 0 aliphatic heterocycles. The lowest BCUT2D eigenvalue weighted by atomic mass is 10.1. The number of hydrogen-bond acceptors (Lipinski definition) is 4. The molecule has 4 aromatic rings. The van der Waals surface area contributed by atoms with Crippen molar-refractivity contribution in [1.29, 1.82) is 0 Å². The van der Waals surface area contributed by atoms with Crippen LogP contribution in [0, 0.1) is 5.82 Å². The van der Waals surface area contributed by atoms with E-state index in [1.165, 1.54) is 30.3 Å². The first-order valence-electron chi connectivity index (χ1n) is 8.64. The summed E-state index contributed by atoms with van der Waals surface area (Å²) in [5.41, 5.74) is 2.36. The van der Waals surface area contributed by atoms with Gasteiger partial charge in [0.2, 0.25) is 5.76 Å². The molecular weight excluding hydrogens is 459 g/mol. The van der Waals surface area contributed by atoms with Gasteiger partial charge < -0.3 is 20.2 Å². The van der Waals surface area contributed by atoms with E-state index in [2.05, 4.69) is 31.7 Å². The maximum atomic E-state index is 13.0. The van der Waals surface area contributed by atoms with Crippen LogP contribution < -0.4 is 10.6 Å². The molecule has 2 aromatic carbocycles. The molecule has 10 heteroatoms. The molecule has 0 fully saturated rings. The monoisotopic (exact) mass is 472 g/mol. The third kappa shape index (κ3) is 3.77. The summed E-state index contributed by atoms with van der Waals surface area (Å²) in [6.45, 7) is 0. The summed E-state index contributed by atoms with van der Waals surface area (Å²) in [6, 6.07) is 9.44. The number of amides is 2. The molecule has 0 aliphatic rings. The number of carbonyl (C=O) groups excluding carboxylic acids is 1. The van der Waals surface area contributed by atoms with Gasteiger partial charge in [0.05, 0.1) is 16.4 Å². The molecule has 0 unspecified atom stereocenters. The number of carboxylic acid groups (broad SMARTS) is 1. The lowest BCUT2D eigenvalue weighted by Crippen LogP contribution is -2.19. The van der Waals surface area contributed by atoms with Crippen LogP contribution >= 0.6 is 15.9 Å². The van der Waals surface area contributed by atoms with E-state index in [0.717, 1.165) is 0 Å². The molecule has 0 aliphatic carbocycles. The van der Waals surface area contributed by atoms with Crippen molar-refractivity contribution in [1.82, 2.24) is 9.78 Å². The fourth-order valence-electron chi connectivity index (χ4n) is 3.05. The number of benzene rings is 2. The van der Waals surface area contributed by atoms with Gasteiger partial charge in [0.25, 0.3) is 0 Å². The van der Waals surface area contributed by atoms with Crippen LogP contribution in [0.3, 0.4) is 0 Å². The lowest BCUT2D eigenvalue weighted by molar-refractivity contribution is 0.0665. The first-order chi connectivity index (χ1) is 14.3. The van der Waals surface area contributed by atoms with Crippen LogP contribution in [0.15, 0.2) is 57.6 Å². The largest absolute Gasteiger partial charge is 0.475 e. The number of halogens is 2. The summed E-state index contributed by atoms with van der Waals surface area (Å²) in [6.07, 6.45) is 1.60. The van der Waals surface area contributed by atoms with Gasteiger partial charge in [-0.05, 0) is 58.4 Å². The van der Waals surface area contributed by atoms with Gasteiger partial charge in [-0.2, -0.15) is 5.10 Å². The molecule has 0 bridgehead atoms. The Labute approximate surface area is 177 Å². The minimum Gasteiger partial charge on any atom is -0.475 e. The smallest absolute Gasteiger partial charge is 0.371 e. The van der Waals surface area contributed by atoms with E-state index < -0.39 is 17.8 Å².